The molecule has 1 rings (SSSR count). The maximum atomic E-state index is 11.9. The molecule has 19 heavy (non-hydrogen) atoms. The first kappa shape index (κ1) is 15.2. The summed E-state index contributed by atoms with van der Waals surface area (Å²) in [6, 6.07) is 6.23. The molecule has 0 aromatic heterocycles. The van der Waals surface area contributed by atoms with Gasteiger partial charge in [-0.05, 0) is 29.5 Å². The summed E-state index contributed by atoms with van der Waals surface area (Å²) in [5.41, 5.74) is 1.59. The molecule has 1 unspecified atom stereocenters. The molecule has 1 radical (unpaired) electrons. The van der Waals surface area contributed by atoms with Crippen LogP contribution < -0.4 is 5.32 Å². The Labute approximate surface area is 113 Å². The van der Waals surface area contributed by atoms with Crippen molar-refractivity contribution in [3.63, 3.8) is 0 Å². The molecule has 0 saturated heterocycles. The van der Waals surface area contributed by atoms with E-state index in [9.17, 15) is 9.59 Å². The summed E-state index contributed by atoms with van der Waals surface area (Å²) in [4.78, 5) is 22.7. The molecule has 1 atom stereocenters. The summed E-state index contributed by atoms with van der Waals surface area (Å²) < 4.78 is 0. The maximum Gasteiger partial charge on any atom is 0.326 e. The fourth-order valence-corrected chi connectivity index (χ4v) is 1.62. The molecule has 0 bridgehead atoms. The van der Waals surface area contributed by atoms with Crippen molar-refractivity contribution >= 4 is 11.9 Å². The molecule has 1 amide bonds. The quantitative estimate of drug-likeness (QED) is 0.875. The molecule has 0 aliphatic heterocycles. The number of hydrogen-bond donors (Lipinski definition) is 2. The summed E-state index contributed by atoms with van der Waals surface area (Å²) in [5, 5.41) is 11.3. The van der Waals surface area contributed by atoms with Crippen molar-refractivity contribution in [2.24, 2.45) is 0 Å². The molecule has 0 saturated carbocycles. The van der Waals surface area contributed by atoms with Crippen LogP contribution in [0.3, 0.4) is 0 Å². The lowest BCUT2D eigenvalue weighted by Crippen LogP contribution is -2.40. The average Bonchev–Trinajstić information content (AvgIpc) is 2.34. The SMILES string of the molecule is [CH2]CC(NC(=O)c1ccc(C(C)(C)C)cc1)C(=O)O. The summed E-state index contributed by atoms with van der Waals surface area (Å²) in [5.74, 6) is -1.47. The van der Waals surface area contributed by atoms with Gasteiger partial charge in [-0.15, -0.1) is 0 Å². The number of amides is 1. The van der Waals surface area contributed by atoms with Gasteiger partial charge < -0.3 is 10.4 Å². The van der Waals surface area contributed by atoms with Crippen LogP contribution in [0.5, 0.6) is 0 Å². The zero-order valence-corrected chi connectivity index (χ0v) is 11.6. The number of carbonyl (C=O) groups is 2. The Balaban J connectivity index is 2.81. The highest BCUT2D eigenvalue weighted by Crippen LogP contribution is 2.22. The monoisotopic (exact) mass is 262 g/mol. The Hall–Kier alpha value is -1.84. The number of rotatable bonds is 4. The normalized spacial score (nSPS) is 12.8. The Bertz CT molecular complexity index is 457. The second-order valence-electron chi connectivity index (χ2n) is 5.48. The number of benzene rings is 1. The fourth-order valence-electron chi connectivity index (χ4n) is 1.62. The highest BCUT2D eigenvalue weighted by Gasteiger charge is 2.19. The van der Waals surface area contributed by atoms with Gasteiger partial charge in [0.05, 0.1) is 0 Å². The largest absolute Gasteiger partial charge is 0.480 e. The molecular weight excluding hydrogens is 242 g/mol. The Morgan fingerprint density at radius 3 is 2.16 bits per heavy atom. The van der Waals surface area contributed by atoms with Crippen molar-refractivity contribution < 1.29 is 14.7 Å². The van der Waals surface area contributed by atoms with Crippen molar-refractivity contribution in [2.75, 3.05) is 0 Å². The van der Waals surface area contributed by atoms with Gasteiger partial charge in [-0.2, -0.15) is 0 Å². The topological polar surface area (TPSA) is 66.4 Å². The Morgan fingerprint density at radius 1 is 1.26 bits per heavy atom. The highest BCUT2D eigenvalue weighted by atomic mass is 16.4. The molecule has 4 heteroatoms. The standard InChI is InChI=1S/C15H20NO3/c1-5-12(14(18)19)16-13(17)10-6-8-11(9-7-10)15(2,3)4/h6-9,12H,1,5H2,2-4H3,(H,16,17)(H,18,19). The van der Waals surface area contributed by atoms with Crippen LogP contribution in [-0.4, -0.2) is 23.0 Å². The van der Waals surface area contributed by atoms with Crippen molar-refractivity contribution in [3.05, 3.63) is 42.3 Å². The van der Waals surface area contributed by atoms with Crippen molar-refractivity contribution in [3.8, 4) is 0 Å². The van der Waals surface area contributed by atoms with Crippen LogP contribution in [0.1, 0.15) is 43.1 Å². The highest BCUT2D eigenvalue weighted by molar-refractivity contribution is 5.96. The van der Waals surface area contributed by atoms with Gasteiger partial charge in [0, 0.05) is 5.56 Å². The van der Waals surface area contributed by atoms with E-state index >= 15 is 0 Å². The van der Waals surface area contributed by atoms with Crippen LogP contribution in [-0.2, 0) is 10.2 Å². The summed E-state index contributed by atoms with van der Waals surface area (Å²) in [6.07, 6.45) is 0.112. The van der Waals surface area contributed by atoms with Gasteiger partial charge in [0.15, 0.2) is 0 Å². The van der Waals surface area contributed by atoms with Crippen molar-refractivity contribution in [2.45, 2.75) is 38.6 Å². The molecule has 0 aliphatic carbocycles. The molecule has 4 nitrogen and oxygen atoms in total. The second kappa shape index (κ2) is 5.87. The number of carboxylic acid groups (broad SMARTS) is 1. The van der Waals surface area contributed by atoms with E-state index in [-0.39, 0.29) is 11.8 Å². The van der Waals surface area contributed by atoms with Gasteiger partial charge in [-0.3, -0.25) is 4.79 Å². The first-order valence-corrected chi connectivity index (χ1v) is 6.19. The molecule has 1 aromatic carbocycles. The minimum atomic E-state index is -1.07. The van der Waals surface area contributed by atoms with Crippen LogP contribution >= 0.6 is 0 Å². The first-order chi connectivity index (χ1) is 8.75. The van der Waals surface area contributed by atoms with E-state index in [0.717, 1.165) is 5.56 Å². The van der Waals surface area contributed by atoms with E-state index in [0.29, 0.717) is 5.56 Å². The smallest absolute Gasteiger partial charge is 0.326 e. The van der Waals surface area contributed by atoms with E-state index in [1.54, 1.807) is 12.1 Å². The third kappa shape index (κ3) is 4.09. The van der Waals surface area contributed by atoms with Gasteiger partial charge in [0.1, 0.15) is 6.04 Å². The lowest BCUT2D eigenvalue weighted by atomic mass is 9.86. The lowest BCUT2D eigenvalue weighted by molar-refractivity contribution is -0.139. The molecule has 0 heterocycles. The number of nitrogens with one attached hydrogen (secondary N) is 1. The van der Waals surface area contributed by atoms with Crippen LogP contribution in [0, 0.1) is 6.92 Å². The third-order valence-electron chi connectivity index (χ3n) is 2.91. The van der Waals surface area contributed by atoms with E-state index in [2.05, 4.69) is 33.0 Å². The predicted molar refractivity (Wildman–Crippen MR) is 74.0 cm³/mol. The van der Waals surface area contributed by atoms with Crippen LogP contribution in [0.4, 0.5) is 0 Å². The van der Waals surface area contributed by atoms with Gasteiger partial charge in [0.25, 0.3) is 5.91 Å². The zero-order valence-electron chi connectivity index (χ0n) is 11.6. The second-order valence-corrected chi connectivity index (χ2v) is 5.48. The number of carbonyl (C=O) groups excluding carboxylic acids is 1. The molecule has 0 spiro atoms. The molecular formula is C15H20NO3. The zero-order chi connectivity index (χ0) is 14.6. The Kier molecular flexibility index (Phi) is 4.70. The molecule has 103 valence electrons. The van der Waals surface area contributed by atoms with Gasteiger partial charge >= 0.3 is 5.97 Å². The predicted octanol–water partition coefficient (Wildman–Crippen LogP) is 2.39. The van der Waals surface area contributed by atoms with Crippen molar-refractivity contribution in [1.82, 2.24) is 5.32 Å². The number of carboxylic acids is 1. The lowest BCUT2D eigenvalue weighted by Gasteiger charge is -2.19. The first-order valence-electron chi connectivity index (χ1n) is 6.19. The minimum Gasteiger partial charge on any atom is -0.480 e. The molecule has 2 N–H and O–H groups in total. The molecule has 1 aromatic rings. The summed E-state index contributed by atoms with van der Waals surface area (Å²) in [6.45, 7) is 9.77. The number of hydrogen-bond acceptors (Lipinski definition) is 2. The summed E-state index contributed by atoms with van der Waals surface area (Å²) >= 11 is 0. The van der Waals surface area contributed by atoms with Crippen LogP contribution in [0.15, 0.2) is 24.3 Å². The maximum absolute atomic E-state index is 11.9. The van der Waals surface area contributed by atoms with E-state index in [1.807, 2.05) is 12.1 Å². The van der Waals surface area contributed by atoms with Crippen LogP contribution in [0.25, 0.3) is 0 Å². The van der Waals surface area contributed by atoms with E-state index < -0.39 is 17.9 Å². The third-order valence-corrected chi connectivity index (χ3v) is 2.91. The molecule has 0 aliphatic rings. The van der Waals surface area contributed by atoms with E-state index in [1.165, 1.54) is 0 Å². The molecule has 0 fully saturated rings. The minimum absolute atomic E-state index is 0.0198. The number of aliphatic carboxylic acids is 1. The van der Waals surface area contributed by atoms with Gasteiger partial charge in [-0.25, -0.2) is 4.79 Å². The average molecular weight is 262 g/mol. The van der Waals surface area contributed by atoms with Crippen LogP contribution in [0.2, 0.25) is 0 Å². The van der Waals surface area contributed by atoms with Gasteiger partial charge in [-0.1, -0.05) is 39.8 Å². The Morgan fingerprint density at radius 2 is 1.79 bits per heavy atom. The summed E-state index contributed by atoms with van der Waals surface area (Å²) in [7, 11) is 0. The van der Waals surface area contributed by atoms with Crippen molar-refractivity contribution in [1.29, 1.82) is 0 Å². The van der Waals surface area contributed by atoms with Gasteiger partial charge in [0.2, 0.25) is 0 Å². The fraction of sp³-hybridized carbons (Fsp3) is 0.400. The van der Waals surface area contributed by atoms with E-state index in [4.69, 9.17) is 5.11 Å².